The number of para-hydroxylation sites is 1. The molecule has 1 heterocycles. The minimum absolute atomic E-state index is 0.213. The Hall–Kier alpha value is -2.90. The van der Waals surface area contributed by atoms with Crippen LogP contribution in [0, 0.1) is 0 Å². The lowest BCUT2D eigenvalue weighted by molar-refractivity contribution is -0.124. The van der Waals surface area contributed by atoms with Crippen LogP contribution in [0.5, 0.6) is 5.75 Å². The van der Waals surface area contributed by atoms with Crippen LogP contribution >= 0.6 is 0 Å². The zero-order chi connectivity index (χ0) is 23.1. The van der Waals surface area contributed by atoms with E-state index in [2.05, 4.69) is 24.1 Å². The molecule has 1 N–H and O–H groups in total. The Balaban J connectivity index is 1.47. The van der Waals surface area contributed by atoms with Crippen molar-refractivity contribution in [1.82, 2.24) is 10.2 Å². The number of benzene rings is 2. The summed E-state index contributed by atoms with van der Waals surface area (Å²) in [6.45, 7) is 8.24. The van der Waals surface area contributed by atoms with Crippen LogP contribution in [-0.2, 0) is 20.8 Å². The van der Waals surface area contributed by atoms with Crippen LogP contribution in [0.15, 0.2) is 48.5 Å². The summed E-state index contributed by atoms with van der Waals surface area (Å²) in [6.07, 6.45) is 0.426. The van der Waals surface area contributed by atoms with E-state index in [0.717, 1.165) is 30.8 Å². The van der Waals surface area contributed by atoms with Crippen molar-refractivity contribution >= 4 is 11.9 Å². The molecule has 0 aliphatic carbocycles. The van der Waals surface area contributed by atoms with Crippen LogP contribution in [0.1, 0.15) is 48.3 Å². The van der Waals surface area contributed by atoms with E-state index in [9.17, 15) is 9.59 Å². The number of amides is 1. The van der Waals surface area contributed by atoms with Crippen molar-refractivity contribution in [2.24, 2.45) is 0 Å². The molecule has 3 unspecified atom stereocenters. The minimum atomic E-state index is -0.523. The second-order valence-corrected chi connectivity index (χ2v) is 8.26. The lowest BCUT2D eigenvalue weighted by atomic mass is 10.1. The summed E-state index contributed by atoms with van der Waals surface area (Å²) < 4.78 is 16.3. The molecule has 172 valence electrons. The smallest absolute Gasteiger partial charge is 0.338 e. The highest BCUT2D eigenvalue weighted by atomic mass is 16.5. The molecule has 0 spiro atoms. The lowest BCUT2D eigenvalue weighted by Crippen LogP contribution is -2.44. The molecule has 1 aliphatic rings. The Morgan fingerprint density at radius 3 is 2.41 bits per heavy atom. The number of morpholine rings is 1. The molecule has 32 heavy (non-hydrogen) atoms. The van der Waals surface area contributed by atoms with Crippen molar-refractivity contribution in [3.63, 3.8) is 0 Å². The third kappa shape index (κ3) is 6.55. The largest absolute Gasteiger partial charge is 0.496 e. The van der Waals surface area contributed by atoms with E-state index in [1.807, 2.05) is 43.3 Å². The van der Waals surface area contributed by atoms with Gasteiger partial charge >= 0.3 is 5.97 Å². The molecular weight excluding hydrogens is 408 g/mol. The summed E-state index contributed by atoms with van der Waals surface area (Å²) in [4.78, 5) is 26.9. The number of carbonyl (C=O) groups excluding carboxylic acids is 2. The number of methoxy groups -OCH3 is 1. The van der Waals surface area contributed by atoms with Crippen molar-refractivity contribution < 1.29 is 23.8 Å². The van der Waals surface area contributed by atoms with Crippen LogP contribution in [-0.4, -0.2) is 55.8 Å². The quantitative estimate of drug-likeness (QED) is 0.635. The zero-order valence-corrected chi connectivity index (χ0v) is 19.2. The average molecular weight is 441 g/mol. The van der Waals surface area contributed by atoms with Gasteiger partial charge in [-0.3, -0.25) is 9.69 Å². The highest BCUT2D eigenvalue weighted by Gasteiger charge is 2.22. The first-order valence-electron chi connectivity index (χ1n) is 10.9. The summed E-state index contributed by atoms with van der Waals surface area (Å²) in [7, 11) is 1.59. The second kappa shape index (κ2) is 11.1. The number of rotatable bonds is 8. The molecule has 7 heteroatoms. The number of nitrogens with zero attached hydrogens (tertiary/aromatic N) is 1. The van der Waals surface area contributed by atoms with E-state index >= 15 is 0 Å². The third-order valence-electron chi connectivity index (χ3n) is 5.41. The Labute approximate surface area is 189 Å². The molecule has 2 aromatic carbocycles. The topological polar surface area (TPSA) is 77.1 Å². The molecule has 0 aromatic heterocycles. The van der Waals surface area contributed by atoms with Gasteiger partial charge in [-0.05, 0) is 44.5 Å². The molecule has 3 atom stereocenters. The first kappa shape index (κ1) is 23.8. The summed E-state index contributed by atoms with van der Waals surface area (Å²) in [6, 6.07) is 14.5. The monoisotopic (exact) mass is 440 g/mol. The maximum atomic E-state index is 12.3. The van der Waals surface area contributed by atoms with E-state index in [4.69, 9.17) is 14.2 Å². The summed E-state index contributed by atoms with van der Waals surface area (Å²) in [5, 5.41) is 2.83. The summed E-state index contributed by atoms with van der Waals surface area (Å²) >= 11 is 0. The molecule has 1 saturated heterocycles. The highest BCUT2D eigenvalue weighted by Crippen LogP contribution is 2.24. The van der Waals surface area contributed by atoms with Crippen molar-refractivity contribution in [3.05, 3.63) is 65.2 Å². The van der Waals surface area contributed by atoms with Gasteiger partial charge in [-0.2, -0.15) is 0 Å². The SMILES string of the molecule is COc1ccccc1C(C)NC(=O)COC(=O)c1ccc(CN2CC(C)OC(C)C2)cc1. The van der Waals surface area contributed by atoms with Gasteiger partial charge in [0.1, 0.15) is 5.75 Å². The van der Waals surface area contributed by atoms with Crippen LogP contribution in [0.25, 0.3) is 0 Å². The van der Waals surface area contributed by atoms with Crippen molar-refractivity contribution in [1.29, 1.82) is 0 Å². The molecule has 1 amide bonds. The molecule has 0 bridgehead atoms. The van der Waals surface area contributed by atoms with E-state index in [-0.39, 0.29) is 30.8 Å². The molecule has 0 radical (unpaired) electrons. The minimum Gasteiger partial charge on any atom is -0.496 e. The Morgan fingerprint density at radius 2 is 1.75 bits per heavy atom. The van der Waals surface area contributed by atoms with Gasteiger partial charge in [0.25, 0.3) is 5.91 Å². The zero-order valence-electron chi connectivity index (χ0n) is 19.2. The Morgan fingerprint density at radius 1 is 1.09 bits per heavy atom. The molecule has 1 aliphatic heterocycles. The molecular formula is C25H32N2O5. The predicted octanol–water partition coefficient (Wildman–Crippen LogP) is 3.34. The van der Waals surface area contributed by atoms with Crippen LogP contribution in [0.3, 0.4) is 0 Å². The van der Waals surface area contributed by atoms with Crippen molar-refractivity contribution in [2.75, 3.05) is 26.8 Å². The van der Waals surface area contributed by atoms with Gasteiger partial charge in [0.15, 0.2) is 6.61 Å². The number of nitrogens with one attached hydrogen (secondary N) is 1. The normalized spacial score (nSPS) is 19.8. The maximum absolute atomic E-state index is 12.3. The van der Waals surface area contributed by atoms with Gasteiger partial charge in [-0.25, -0.2) is 4.79 Å². The number of carbonyl (C=O) groups is 2. The standard InChI is InChI=1S/C25H32N2O5/c1-17-13-27(14-18(2)32-17)15-20-9-11-21(12-10-20)25(29)31-16-24(28)26-19(3)22-7-5-6-8-23(22)30-4/h5-12,17-19H,13-16H2,1-4H3,(H,26,28). The fourth-order valence-corrected chi connectivity index (χ4v) is 4.02. The molecule has 0 saturated carbocycles. The maximum Gasteiger partial charge on any atom is 0.338 e. The van der Waals surface area contributed by atoms with E-state index in [0.29, 0.717) is 11.3 Å². The van der Waals surface area contributed by atoms with Gasteiger partial charge in [-0.1, -0.05) is 30.3 Å². The number of esters is 1. The first-order chi connectivity index (χ1) is 15.4. The molecule has 3 rings (SSSR count). The Kier molecular flexibility index (Phi) is 8.25. The van der Waals surface area contributed by atoms with Gasteiger partial charge in [0.2, 0.25) is 0 Å². The fourth-order valence-electron chi connectivity index (χ4n) is 4.02. The molecule has 2 aromatic rings. The number of ether oxygens (including phenoxy) is 3. The highest BCUT2D eigenvalue weighted by molar-refractivity contribution is 5.91. The van der Waals surface area contributed by atoms with Crippen LogP contribution < -0.4 is 10.1 Å². The number of hydrogen-bond acceptors (Lipinski definition) is 6. The fraction of sp³-hybridized carbons (Fsp3) is 0.440. The second-order valence-electron chi connectivity index (χ2n) is 8.26. The molecule has 7 nitrogen and oxygen atoms in total. The van der Waals surface area contributed by atoms with Crippen molar-refractivity contribution in [3.8, 4) is 5.75 Å². The Bertz CT molecular complexity index is 905. The van der Waals surface area contributed by atoms with Crippen molar-refractivity contribution in [2.45, 2.75) is 45.6 Å². The van der Waals surface area contributed by atoms with Gasteiger partial charge in [-0.15, -0.1) is 0 Å². The van der Waals surface area contributed by atoms with E-state index in [1.54, 1.807) is 19.2 Å². The summed E-state index contributed by atoms with van der Waals surface area (Å²) in [5.41, 5.74) is 2.39. The van der Waals surface area contributed by atoms with E-state index < -0.39 is 5.97 Å². The lowest BCUT2D eigenvalue weighted by Gasteiger charge is -2.35. The van der Waals surface area contributed by atoms with Gasteiger partial charge in [0.05, 0.1) is 30.9 Å². The number of hydrogen-bond donors (Lipinski definition) is 1. The van der Waals surface area contributed by atoms with Gasteiger partial charge < -0.3 is 19.5 Å². The van der Waals surface area contributed by atoms with E-state index in [1.165, 1.54) is 0 Å². The summed E-state index contributed by atoms with van der Waals surface area (Å²) in [5.74, 6) is -0.201. The predicted molar refractivity (Wildman–Crippen MR) is 122 cm³/mol. The third-order valence-corrected chi connectivity index (χ3v) is 5.41. The van der Waals surface area contributed by atoms with Crippen LogP contribution in [0.2, 0.25) is 0 Å². The van der Waals surface area contributed by atoms with Crippen LogP contribution in [0.4, 0.5) is 0 Å². The first-order valence-corrected chi connectivity index (χ1v) is 10.9. The van der Waals surface area contributed by atoms with Gasteiger partial charge in [0, 0.05) is 25.2 Å². The molecule has 1 fully saturated rings. The average Bonchev–Trinajstić information content (AvgIpc) is 2.77.